The second-order valence-corrected chi connectivity index (χ2v) is 5.20. The van der Waals surface area contributed by atoms with Gasteiger partial charge < -0.3 is 9.73 Å². The highest BCUT2D eigenvalue weighted by molar-refractivity contribution is 5.78. The van der Waals surface area contributed by atoms with Crippen molar-refractivity contribution in [1.82, 2.24) is 20.3 Å². The van der Waals surface area contributed by atoms with Crippen molar-refractivity contribution in [1.29, 1.82) is 0 Å². The van der Waals surface area contributed by atoms with Crippen LogP contribution in [0.2, 0.25) is 0 Å². The van der Waals surface area contributed by atoms with Gasteiger partial charge in [0.2, 0.25) is 11.8 Å². The van der Waals surface area contributed by atoms with Crippen LogP contribution in [0.5, 0.6) is 0 Å². The van der Waals surface area contributed by atoms with Gasteiger partial charge in [-0.25, -0.2) is 19.3 Å². The van der Waals surface area contributed by atoms with Crippen molar-refractivity contribution in [3.05, 3.63) is 65.8 Å². The molecule has 1 N–H and O–H groups in total. The van der Waals surface area contributed by atoms with Crippen LogP contribution in [0.4, 0.5) is 4.39 Å². The van der Waals surface area contributed by atoms with Gasteiger partial charge in [-0.05, 0) is 37.3 Å². The quantitative estimate of drug-likeness (QED) is 0.779. The Bertz CT molecular complexity index is 846. The number of benzene rings is 1. The molecular formula is C17H15FN4O2. The molecule has 0 unspecified atom stereocenters. The topological polar surface area (TPSA) is 80.9 Å². The predicted molar refractivity (Wildman–Crippen MR) is 84.2 cm³/mol. The molecule has 1 amide bonds. The van der Waals surface area contributed by atoms with E-state index in [1.54, 1.807) is 31.3 Å². The first-order valence-corrected chi connectivity index (χ1v) is 7.36. The number of carbonyl (C=O) groups is 1. The summed E-state index contributed by atoms with van der Waals surface area (Å²) in [6.45, 7) is 2.11. The van der Waals surface area contributed by atoms with Crippen LogP contribution < -0.4 is 5.32 Å². The standard InChI is InChI=1S/C17H15FN4O2/c1-11-19-7-6-14(21-11)9-20-16(23)8-15-10-24-17(22-15)12-2-4-13(18)5-3-12/h2-7,10H,8-9H2,1H3,(H,20,23). The van der Waals surface area contributed by atoms with Crippen molar-refractivity contribution in [2.45, 2.75) is 19.9 Å². The van der Waals surface area contributed by atoms with Gasteiger partial charge in [0.05, 0.1) is 24.4 Å². The van der Waals surface area contributed by atoms with Crippen LogP contribution in [0.25, 0.3) is 11.5 Å². The smallest absolute Gasteiger partial charge is 0.226 e. The Balaban J connectivity index is 1.58. The van der Waals surface area contributed by atoms with Crippen LogP contribution >= 0.6 is 0 Å². The normalized spacial score (nSPS) is 10.6. The summed E-state index contributed by atoms with van der Waals surface area (Å²) in [5.74, 6) is 0.488. The summed E-state index contributed by atoms with van der Waals surface area (Å²) < 4.78 is 18.3. The Labute approximate surface area is 137 Å². The molecule has 0 atom stereocenters. The van der Waals surface area contributed by atoms with E-state index in [-0.39, 0.29) is 18.1 Å². The largest absolute Gasteiger partial charge is 0.444 e. The molecule has 6 nitrogen and oxygen atoms in total. The number of hydrogen-bond acceptors (Lipinski definition) is 5. The first-order chi connectivity index (χ1) is 11.6. The lowest BCUT2D eigenvalue weighted by atomic mass is 10.2. The number of aromatic nitrogens is 3. The summed E-state index contributed by atoms with van der Waals surface area (Å²) in [5, 5.41) is 2.77. The summed E-state index contributed by atoms with van der Waals surface area (Å²) in [6.07, 6.45) is 3.16. The molecule has 0 fully saturated rings. The van der Waals surface area contributed by atoms with Gasteiger partial charge in [0.25, 0.3) is 0 Å². The minimum Gasteiger partial charge on any atom is -0.444 e. The van der Waals surface area contributed by atoms with E-state index in [0.29, 0.717) is 29.5 Å². The zero-order chi connectivity index (χ0) is 16.9. The third-order valence-electron chi connectivity index (χ3n) is 3.28. The number of carbonyl (C=O) groups excluding carboxylic acids is 1. The summed E-state index contributed by atoms with van der Waals surface area (Å²) in [5.41, 5.74) is 1.90. The molecule has 0 aliphatic rings. The monoisotopic (exact) mass is 326 g/mol. The van der Waals surface area contributed by atoms with Crippen molar-refractivity contribution in [2.75, 3.05) is 0 Å². The van der Waals surface area contributed by atoms with E-state index >= 15 is 0 Å². The van der Waals surface area contributed by atoms with E-state index < -0.39 is 0 Å². The minimum atomic E-state index is -0.329. The lowest BCUT2D eigenvalue weighted by Gasteiger charge is -2.03. The minimum absolute atomic E-state index is 0.0920. The number of nitrogens with zero attached hydrogens (tertiary/aromatic N) is 3. The predicted octanol–water partition coefficient (Wildman–Crippen LogP) is 2.44. The molecule has 2 heterocycles. The van der Waals surface area contributed by atoms with E-state index in [0.717, 1.165) is 5.69 Å². The number of halogens is 1. The summed E-state index contributed by atoms with van der Waals surface area (Å²) >= 11 is 0. The molecule has 0 aliphatic heterocycles. The van der Waals surface area contributed by atoms with Gasteiger partial charge in [-0.1, -0.05) is 0 Å². The van der Waals surface area contributed by atoms with Crippen LogP contribution in [0.3, 0.4) is 0 Å². The van der Waals surface area contributed by atoms with Gasteiger partial charge in [-0.3, -0.25) is 4.79 Å². The molecule has 0 saturated heterocycles. The van der Waals surface area contributed by atoms with Crippen molar-refractivity contribution in [3.63, 3.8) is 0 Å². The van der Waals surface area contributed by atoms with Gasteiger partial charge in [0.15, 0.2) is 0 Å². The first-order valence-electron chi connectivity index (χ1n) is 7.36. The average molecular weight is 326 g/mol. The summed E-state index contributed by atoms with van der Waals surface area (Å²) in [7, 11) is 0. The number of amides is 1. The highest BCUT2D eigenvalue weighted by Crippen LogP contribution is 2.19. The maximum absolute atomic E-state index is 12.9. The molecule has 2 aromatic heterocycles. The molecule has 0 saturated carbocycles. The van der Waals surface area contributed by atoms with E-state index in [1.807, 2.05) is 0 Å². The number of oxazole rings is 1. The molecule has 7 heteroatoms. The third kappa shape index (κ3) is 4.01. The molecular weight excluding hydrogens is 311 g/mol. The first kappa shape index (κ1) is 15.8. The molecule has 0 radical (unpaired) electrons. The van der Waals surface area contributed by atoms with Crippen molar-refractivity contribution in [2.24, 2.45) is 0 Å². The van der Waals surface area contributed by atoms with E-state index in [9.17, 15) is 9.18 Å². The molecule has 3 rings (SSSR count). The molecule has 0 spiro atoms. The lowest BCUT2D eigenvalue weighted by Crippen LogP contribution is -2.25. The van der Waals surface area contributed by atoms with E-state index in [2.05, 4.69) is 20.3 Å². The maximum Gasteiger partial charge on any atom is 0.226 e. The summed E-state index contributed by atoms with van der Waals surface area (Å²) in [6, 6.07) is 7.55. The van der Waals surface area contributed by atoms with Gasteiger partial charge in [-0.15, -0.1) is 0 Å². The van der Waals surface area contributed by atoms with Crippen LogP contribution in [0.15, 0.2) is 47.2 Å². The number of rotatable bonds is 5. The Morgan fingerprint density at radius 2 is 1.96 bits per heavy atom. The van der Waals surface area contributed by atoms with Gasteiger partial charge in [0.1, 0.15) is 17.9 Å². The Kier molecular flexibility index (Phi) is 4.60. The number of nitrogens with one attached hydrogen (secondary N) is 1. The van der Waals surface area contributed by atoms with E-state index in [1.165, 1.54) is 18.4 Å². The van der Waals surface area contributed by atoms with Crippen molar-refractivity contribution >= 4 is 5.91 Å². The lowest BCUT2D eigenvalue weighted by molar-refractivity contribution is -0.120. The van der Waals surface area contributed by atoms with E-state index in [4.69, 9.17) is 4.42 Å². The third-order valence-corrected chi connectivity index (χ3v) is 3.28. The molecule has 122 valence electrons. The zero-order valence-corrected chi connectivity index (χ0v) is 13.0. The second kappa shape index (κ2) is 6.99. The van der Waals surface area contributed by atoms with Gasteiger partial charge in [0, 0.05) is 11.8 Å². The molecule has 0 bridgehead atoms. The summed E-state index contributed by atoms with van der Waals surface area (Å²) in [4.78, 5) is 24.4. The van der Waals surface area contributed by atoms with Crippen LogP contribution in [0.1, 0.15) is 17.2 Å². The Hall–Kier alpha value is -3.09. The number of aryl methyl sites for hydroxylation is 1. The zero-order valence-electron chi connectivity index (χ0n) is 13.0. The number of hydrogen-bond donors (Lipinski definition) is 1. The second-order valence-electron chi connectivity index (χ2n) is 5.20. The maximum atomic E-state index is 12.9. The highest BCUT2D eigenvalue weighted by atomic mass is 19.1. The fourth-order valence-electron chi connectivity index (χ4n) is 2.13. The van der Waals surface area contributed by atoms with Gasteiger partial charge in [-0.2, -0.15) is 0 Å². The SMILES string of the molecule is Cc1nccc(CNC(=O)Cc2coc(-c3ccc(F)cc3)n2)n1. The van der Waals surface area contributed by atoms with Crippen molar-refractivity contribution in [3.8, 4) is 11.5 Å². The average Bonchev–Trinajstić information content (AvgIpc) is 3.02. The molecule has 24 heavy (non-hydrogen) atoms. The Morgan fingerprint density at radius 1 is 1.17 bits per heavy atom. The molecule has 3 aromatic rings. The van der Waals surface area contributed by atoms with Gasteiger partial charge >= 0.3 is 0 Å². The fourth-order valence-corrected chi connectivity index (χ4v) is 2.13. The van der Waals surface area contributed by atoms with Crippen molar-refractivity contribution < 1.29 is 13.6 Å². The Morgan fingerprint density at radius 3 is 2.71 bits per heavy atom. The fraction of sp³-hybridized carbons (Fsp3) is 0.176. The molecule has 1 aromatic carbocycles. The molecule has 0 aliphatic carbocycles. The van der Waals surface area contributed by atoms with Crippen LogP contribution in [-0.4, -0.2) is 20.9 Å². The highest BCUT2D eigenvalue weighted by Gasteiger charge is 2.11. The van der Waals surface area contributed by atoms with Crippen LogP contribution in [-0.2, 0) is 17.8 Å². The van der Waals surface area contributed by atoms with Crippen LogP contribution in [0, 0.1) is 12.7 Å².